The smallest absolute Gasteiger partial charge is 0.146 e. The van der Waals surface area contributed by atoms with Gasteiger partial charge in [-0.1, -0.05) is 26.8 Å². The van der Waals surface area contributed by atoms with Gasteiger partial charge in [0, 0.05) is 34.8 Å². The molecule has 164 valence electrons. The van der Waals surface area contributed by atoms with Gasteiger partial charge < -0.3 is 4.98 Å². The number of rotatable bonds is 6. The second-order valence-electron chi connectivity index (χ2n) is 9.46. The minimum atomic E-state index is 0.350. The highest BCUT2D eigenvalue weighted by Gasteiger charge is 2.23. The number of Topliss-reactive ketones (excluding diaryl/α,β-unsaturated/α-hetero) is 1. The normalized spacial score (nSPS) is 15.8. The molecule has 0 saturated carbocycles. The molecule has 0 unspecified atom stereocenters. The number of hydrogen-bond donors (Lipinski definition) is 1. The minimum absolute atomic E-state index is 0.350. The molecule has 31 heavy (non-hydrogen) atoms. The molecule has 3 heterocycles. The van der Waals surface area contributed by atoms with E-state index in [2.05, 4.69) is 66.8 Å². The molecule has 1 aliphatic heterocycles. The quantitative estimate of drug-likeness (QED) is 0.525. The van der Waals surface area contributed by atoms with Crippen molar-refractivity contribution in [2.75, 3.05) is 19.6 Å². The van der Waals surface area contributed by atoms with Crippen LogP contribution in [0, 0.1) is 13.8 Å². The first-order valence-electron chi connectivity index (χ1n) is 11.7. The summed E-state index contributed by atoms with van der Waals surface area (Å²) in [6.07, 6.45) is 4.86. The maximum absolute atomic E-state index is 11.8. The van der Waals surface area contributed by atoms with E-state index in [0.29, 0.717) is 30.6 Å². The number of hydrogen-bond acceptors (Lipinski definition) is 3. The number of ketones is 1. The molecule has 4 heteroatoms. The topological polar surface area (TPSA) is 49.0 Å². The predicted octanol–water partition coefficient (Wildman–Crippen LogP) is 6.13. The molecule has 1 fully saturated rings. The number of aromatic nitrogens is 2. The number of carbonyl (C=O) groups excluding carboxylic acids is 1. The van der Waals surface area contributed by atoms with E-state index in [1.165, 1.54) is 38.9 Å². The van der Waals surface area contributed by atoms with Crippen molar-refractivity contribution in [1.82, 2.24) is 14.9 Å². The largest absolute Gasteiger partial charge is 0.354 e. The van der Waals surface area contributed by atoms with Crippen LogP contribution in [0.1, 0.15) is 74.3 Å². The lowest BCUT2D eigenvalue weighted by atomic mass is 9.87. The molecule has 3 aromatic rings. The van der Waals surface area contributed by atoms with Crippen LogP contribution in [-0.2, 0) is 4.79 Å². The van der Waals surface area contributed by atoms with Crippen LogP contribution in [0.15, 0.2) is 30.5 Å². The number of carbonyl (C=O) groups is 1. The van der Waals surface area contributed by atoms with Gasteiger partial charge in [0.15, 0.2) is 0 Å². The Hall–Kier alpha value is -2.46. The van der Waals surface area contributed by atoms with Crippen molar-refractivity contribution >= 4 is 16.7 Å². The zero-order valence-electron chi connectivity index (χ0n) is 19.6. The molecule has 2 aromatic heterocycles. The number of H-pyrrole nitrogens is 1. The number of piperidine rings is 1. The number of nitrogens with zero attached hydrogens (tertiary/aromatic N) is 2. The van der Waals surface area contributed by atoms with Crippen LogP contribution in [0.4, 0.5) is 0 Å². The van der Waals surface area contributed by atoms with Crippen molar-refractivity contribution in [3.63, 3.8) is 0 Å². The standard InChI is InChI=1S/C27H35N3O/c1-6-22(31)16-30-11-9-20(10-12-30)21-7-8-25-24(14-21)26(17(2)3)27(29-25)23-13-19(5)28-15-18(23)4/h7-8,13-15,17,20,29H,6,9-12,16H2,1-5H3. The lowest BCUT2D eigenvalue weighted by Gasteiger charge is -2.31. The molecule has 4 rings (SSSR count). The Morgan fingerprint density at radius 3 is 2.61 bits per heavy atom. The Kier molecular flexibility index (Phi) is 6.29. The van der Waals surface area contributed by atoms with E-state index in [-0.39, 0.29) is 0 Å². The zero-order valence-corrected chi connectivity index (χ0v) is 19.6. The summed E-state index contributed by atoms with van der Waals surface area (Å²) in [7, 11) is 0. The highest BCUT2D eigenvalue weighted by Crippen LogP contribution is 2.39. The van der Waals surface area contributed by atoms with Gasteiger partial charge in [0.1, 0.15) is 5.78 Å². The van der Waals surface area contributed by atoms with Crippen molar-refractivity contribution in [2.45, 2.75) is 65.7 Å². The fraction of sp³-hybridized carbons (Fsp3) is 0.481. The molecule has 1 aliphatic rings. The maximum atomic E-state index is 11.8. The van der Waals surface area contributed by atoms with Gasteiger partial charge in [0.25, 0.3) is 0 Å². The second kappa shape index (κ2) is 8.96. The molecule has 1 N–H and O–H groups in total. The van der Waals surface area contributed by atoms with Gasteiger partial charge in [-0.25, -0.2) is 0 Å². The average molecular weight is 418 g/mol. The van der Waals surface area contributed by atoms with Gasteiger partial charge in [-0.2, -0.15) is 0 Å². The van der Waals surface area contributed by atoms with Crippen molar-refractivity contribution in [2.24, 2.45) is 0 Å². The first kappa shape index (κ1) is 21.8. The first-order chi connectivity index (χ1) is 14.9. The van der Waals surface area contributed by atoms with Crippen LogP contribution >= 0.6 is 0 Å². The minimum Gasteiger partial charge on any atom is -0.354 e. The van der Waals surface area contributed by atoms with Gasteiger partial charge in [-0.15, -0.1) is 0 Å². The molecule has 1 aromatic carbocycles. The van der Waals surface area contributed by atoms with E-state index in [1.54, 1.807) is 0 Å². The third-order valence-electron chi connectivity index (χ3n) is 6.80. The summed E-state index contributed by atoms with van der Waals surface area (Å²) in [5, 5.41) is 1.35. The van der Waals surface area contributed by atoms with Crippen LogP contribution in [-0.4, -0.2) is 40.3 Å². The third kappa shape index (κ3) is 4.45. The van der Waals surface area contributed by atoms with Crippen LogP contribution in [0.5, 0.6) is 0 Å². The average Bonchev–Trinajstić information content (AvgIpc) is 3.14. The number of pyridine rings is 1. The van der Waals surface area contributed by atoms with Gasteiger partial charge in [0.05, 0.1) is 12.2 Å². The summed E-state index contributed by atoms with van der Waals surface area (Å²) >= 11 is 0. The summed E-state index contributed by atoms with van der Waals surface area (Å²) in [6.45, 7) is 13.4. The summed E-state index contributed by atoms with van der Waals surface area (Å²) in [4.78, 5) is 22.3. The van der Waals surface area contributed by atoms with Crippen LogP contribution in [0.2, 0.25) is 0 Å². The molecule has 1 saturated heterocycles. The summed E-state index contributed by atoms with van der Waals surface area (Å²) in [5.41, 5.74) is 8.78. The van der Waals surface area contributed by atoms with E-state index in [4.69, 9.17) is 0 Å². The first-order valence-corrected chi connectivity index (χ1v) is 11.7. The summed E-state index contributed by atoms with van der Waals surface area (Å²) in [6, 6.07) is 9.18. The number of likely N-dealkylation sites (tertiary alicyclic amines) is 1. The van der Waals surface area contributed by atoms with Gasteiger partial charge in [0.2, 0.25) is 0 Å². The van der Waals surface area contributed by atoms with Crippen molar-refractivity contribution in [3.05, 3.63) is 52.8 Å². The van der Waals surface area contributed by atoms with Crippen LogP contribution < -0.4 is 0 Å². The number of aryl methyl sites for hydroxylation is 2. The van der Waals surface area contributed by atoms with Crippen molar-refractivity contribution < 1.29 is 4.79 Å². The Balaban J connectivity index is 1.66. The van der Waals surface area contributed by atoms with Crippen LogP contribution in [0.25, 0.3) is 22.2 Å². The molecule has 0 aliphatic carbocycles. The molecule has 0 bridgehead atoms. The second-order valence-corrected chi connectivity index (χ2v) is 9.46. The monoisotopic (exact) mass is 417 g/mol. The zero-order chi connectivity index (χ0) is 22.1. The van der Waals surface area contributed by atoms with Gasteiger partial charge in [-0.3, -0.25) is 14.7 Å². The Morgan fingerprint density at radius 1 is 1.19 bits per heavy atom. The fourth-order valence-electron chi connectivity index (χ4n) is 4.98. The summed E-state index contributed by atoms with van der Waals surface area (Å²) < 4.78 is 0. The van der Waals surface area contributed by atoms with E-state index < -0.39 is 0 Å². The molecular formula is C27H35N3O. The predicted molar refractivity (Wildman–Crippen MR) is 129 cm³/mol. The molecule has 0 amide bonds. The Morgan fingerprint density at radius 2 is 1.94 bits per heavy atom. The summed E-state index contributed by atoms with van der Waals surface area (Å²) in [5.74, 6) is 1.34. The number of fused-ring (bicyclic) bond motifs is 1. The van der Waals surface area contributed by atoms with E-state index in [1.807, 2.05) is 13.1 Å². The van der Waals surface area contributed by atoms with Gasteiger partial charge >= 0.3 is 0 Å². The SMILES string of the molecule is CCC(=O)CN1CCC(c2ccc3[nH]c(-c4cc(C)ncc4C)c(C(C)C)c3c2)CC1. The lowest BCUT2D eigenvalue weighted by molar-refractivity contribution is -0.120. The van der Waals surface area contributed by atoms with Crippen molar-refractivity contribution in [1.29, 1.82) is 0 Å². The van der Waals surface area contributed by atoms with E-state index >= 15 is 0 Å². The molecule has 0 radical (unpaired) electrons. The van der Waals surface area contributed by atoms with E-state index in [0.717, 1.165) is 31.6 Å². The highest BCUT2D eigenvalue weighted by molar-refractivity contribution is 5.92. The number of benzene rings is 1. The Labute approximate surface area is 186 Å². The maximum Gasteiger partial charge on any atom is 0.146 e. The molecule has 4 nitrogen and oxygen atoms in total. The number of nitrogens with one attached hydrogen (secondary N) is 1. The molecule has 0 spiro atoms. The van der Waals surface area contributed by atoms with E-state index in [9.17, 15) is 4.79 Å². The highest BCUT2D eigenvalue weighted by atomic mass is 16.1. The Bertz CT molecular complexity index is 1090. The molecule has 0 atom stereocenters. The lowest BCUT2D eigenvalue weighted by Crippen LogP contribution is -2.36. The fourth-order valence-corrected chi connectivity index (χ4v) is 4.98. The van der Waals surface area contributed by atoms with Crippen LogP contribution in [0.3, 0.4) is 0 Å². The third-order valence-corrected chi connectivity index (χ3v) is 6.80. The number of aromatic amines is 1. The van der Waals surface area contributed by atoms with Gasteiger partial charge in [-0.05, 0) is 86.5 Å². The van der Waals surface area contributed by atoms with Crippen molar-refractivity contribution in [3.8, 4) is 11.3 Å². The molecular weight excluding hydrogens is 382 g/mol.